The van der Waals surface area contributed by atoms with Crippen LogP contribution < -0.4 is 10.1 Å². The zero-order valence-electron chi connectivity index (χ0n) is 11.6. The zero-order valence-corrected chi connectivity index (χ0v) is 12.4. The van der Waals surface area contributed by atoms with Gasteiger partial charge in [0.05, 0.1) is 7.11 Å². The lowest BCUT2D eigenvalue weighted by atomic mass is 10.1. The van der Waals surface area contributed by atoms with Crippen LogP contribution in [0.25, 0.3) is 0 Å². The van der Waals surface area contributed by atoms with Gasteiger partial charge in [-0.2, -0.15) is 0 Å². The molecule has 0 fully saturated rings. The molecule has 0 saturated carbocycles. The summed E-state index contributed by atoms with van der Waals surface area (Å²) in [5.74, 6) is 0.915. The van der Waals surface area contributed by atoms with E-state index in [4.69, 9.17) is 9.84 Å². The van der Waals surface area contributed by atoms with Gasteiger partial charge in [0, 0.05) is 28.4 Å². The molecule has 18 heavy (non-hydrogen) atoms. The van der Waals surface area contributed by atoms with Crippen molar-refractivity contribution in [2.75, 3.05) is 20.8 Å². The number of aliphatic hydroxyl groups is 1. The highest BCUT2D eigenvalue weighted by Crippen LogP contribution is 2.37. The van der Waals surface area contributed by atoms with E-state index in [-0.39, 0.29) is 12.6 Å². The van der Waals surface area contributed by atoms with Crippen molar-refractivity contribution in [3.05, 3.63) is 23.8 Å². The summed E-state index contributed by atoms with van der Waals surface area (Å²) in [6.07, 6.45) is 0.801. The van der Waals surface area contributed by atoms with Crippen molar-refractivity contribution in [1.82, 2.24) is 5.32 Å². The van der Waals surface area contributed by atoms with Gasteiger partial charge in [-0.1, -0.05) is 13.0 Å². The van der Waals surface area contributed by atoms with Gasteiger partial charge in [0.2, 0.25) is 0 Å². The van der Waals surface area contributed by atoms with E-state index in [1.807, 2.05) is 19.2 Å². The normalized spacial score (nSPS) is 14.3. The molecule has 0 saturated heterocycles. The highest BCUT2D eigenvalue weighted by atomic mass is 32.2. The summed E-state index contributed by atoms with van der Waals surface area (Å²) in [4.78, 5) is 1.22. The predicted molar refractivity (Wildman–Crippen MR) is 77.5 cm³/mol. The van der Waals surface area contributed by atoms with Crippen LogP contribution in [0.3, 0.4) is 0 Å². The van der Waals surface area contributed by atoms with E-state index in [1.54, 1.807) is 18.9 Å². The first kappa shape index (κ1) is 15.3. The van der Waals surface area contributed by atoms with Crippen LogP contribution in [0, 0.1) is 0 Å². The van der Waals surface area contributed by atoms with Crippen LogP contribution in [-0.4, -0.2) is 31.1 Å². The Balaban J connectivity index is 3.02. The molecule has 0 amide bonds. The van der Waals surface area contributed by atoms with Crippen molar-refractivity contribution in [2.45, 2.75) is 36.5 Å². The summed E-state index contributed by atoms with van der Waals surface area (Å²) < 4.78 is 5.45. The van der Waals surface area contributed by atoms with Gasteiger partial charge in [-0.05, 0) is 32.5 Å². The Bertz CT molecular complexity index is 371. The fourth-order valence-corrected chi connectivity index (χ4v) is 3.05. The first-order valence-corrected chi connectivity index (χ1v) is 7.13. The first-order valence-electron chi connectivity index (χ1n) is 6.25. The minimum atomic E-state index is 0.231. The minimum absolute atomic E-state index is 0.231. The number of rotatable bonds is 7. The molecule has 102 valence electrons. The maximum atomic E-state index is 8.99. The van der Waals surface area contributed by atoms with E-state index in [1.165, 1.54) is 10.5 Å². The Labute approximate surface area is 114 Å². The Morgan fingerprint density at radius 2 is 2.11 bits per heavy atom. The van der Waals surface area contributed by atoms with Crippen LogP contribution in [0.1, 0.15) is 31.9 Å². The van der Waals surface area contributed by atoms with Crippen LogP contribution in [0.2, 0.25) is 0 Å². The molecule has 1 aromatic rings. The van der Waals surface area contributed by atoms with Gasteiger partial charge in [0.15, 0.2) is 0 Å². The molecule has 2 unspecified atom stereocenters. The number of aliphatic hydroxyl groups excluding tert-OH is 1. The summed E-state index contributed by atoms with van der Waals surface area (Å²) in [6, 6.07) is 6.36. The Morgan fingerprint density at radius 1 is 1.39 bits per heavy atom. The lowest BCUT2D eigenvalue weighted by molar-refractivity contribution is 0.289. The summed E-state index contributed by atoms with van der Waals surface area (Å²) in [6.45, 7) is 4.49. The van der Waals surface area contributed by atoms with Crippen molar-refractivity contribution in [2.24, 2.45) is 0 Å². The van der Waals surface area contributed by atoms with Crippen molar-refractivity contribution in [1.29, 1.82) is 0 Å². The quantitative estimate of drug-likeness (QED) is 0.747. The van der Waals surface area contributed by atoms with Gasteiger partial charge >= 0.3 is 0 Å². The molecule has 0 aromatic heterocycles. The summed E-state index contributed by atoms with van der Waals surface area (Å²) >= 11 is 1.79. The Kier molecular flexibility index (Phi) is 6.54. The summed E-state index contributed by atoms with van der Waals surface area (Å²) in [7, 11) is 3.65. The zero-order chi connectivity index (χ0) is 13.5. The van der Waals surface area contributed by atoms with Gasteiger partial charge < -0.3 is 15.2 Å². The third-order valence-corrected chi connectivity index (χ3v) is 4.22. The van der Waals surface area contributed by atoms with Crippen molar-refractivity contribution in [3.8, 4) is 5.75 Å². The molecule has 0 radical (unpaired) electrons. The minimum Gasteiger partial charge on any atom is -0.496 e. The maximum absolute atomic E-state index is 8.99. The van der Waals surface area contributed by atoms with Crippen LogP contribution in [0.4, 0.5) is 0 Å². The van der Waals surface area contributed by atoms with Gasteiger partial charge in [0.1, 0.15) is 5.75 Å². The number of ether oxygens (including phenoxy) is 1. The van der Waals surface area contributed by atoms with E-state index < -0.39 is 0 Å². The molecule has 0 aliphatic rings. The molecule has 0 spiro atoms. The number of nitrogens with one attached hydrogen (secondary N) is 1. The molecule has 2 atom stereocenters. The smallest absolute Gasteiger partial charge is 0.124 e. The van der Waals surface area contributed by atoms with E-state index in [0.717, 1.165) is 12.2 Å². The van der Waals surface area contributed by atoms with Gasteiger partial charge in [-0.3, -0.25) is 0 Å². The second-order valence-corrected chi connectivity index (χ2v) is 5.80. The third-order valence-electron chi connectivity index (χ3n) is 2.98. The largest absolute Gasteiger partial charge is 0.496 e. The Morgan fingerprint density at radius 3 is 2.67 bits per heavy atom. The van der Waals surface area contributed by atoms with Crippen molar-refractivity contribution < 1.29 is 9.84 Å². The fourth-order valence-electron chi connectivity index (χ4n) is 1.83. The van der Waals surface area contributed by atoms with Gasteiger partial charge in [-0.15, -0.1) is 11.8 Å². The lowest BCUT2D eigenvalue weighted by Gasteiger charge is -2.20. The highest BCUT2D eigenvalue weighted by molar-refractivity contribution is 8.00. The molecule has 1 rings (SSSR count). The fraction of sp³-hybridized carbons (Fsp3) is 0.571. The average Bonchev–Trinajstić information content (AvgIpc) is 2.37. The number of thioether (sulfide) groups is 1. The lowest BCUT2D eigenvalue weighted by Crippen LogP contribution is -2.15. The second-order valence-electron chi connectivity index (χ2n) is 4.32. The van der Waals surface area contributed by atoms with Gasteiger partial charge in [-0.25, -0.2) is 0 Å². The molecule has 1 aromatic carbocycles. The van der Waals surface area contributed by atoms with E-state index >= 15 is 0 Å². The van der Waals surface area contributed by atoms with Crippen molar-refractivity contribution in [3.63, 3.8) is 0 Å². The summed E-state index contributed by atoms with van der Waals surface area (Å²) in [5.41, 5.74) is 1.19. The molecule has 4 heteroatoms. The van der Waals surface area contributed by atoms with Crippen LogP contribution >= 0.6 is 11.8 Å². The number of methoxy groups -OCH3 is 1. The third kappa shape index (κ3) is 3.90. The topological polar surface area (TPSA) is 41.5 Å². The molecule has 0 aliphatic heterocycles. The monoisotopic (exact) mass is 269 g/mol. The maximum Gasteiger partial charge on any atom is 0.124 e. The standard InChI is InChI=1S/C14H23NO2S/c1-10(8-9-16)18-13-7-5-6-12(17-4)14(13)11(2)15-3/h5-7,10-11,15-16H,8-9H2,1-4H3. The van der Waals surface area contributed by atoms with E-state index in [9.17, 15) is 0 Å². The number of benzene rings is 1. The molecule has 2 N–H and O–H groups in total. The van der Waals surface area contributed by atoms with Crippen LogP contribution in [0.15, 0.2) is 23.1 Å². The number of hydrogen-bond acceptors (Lipinski definition) is 4. The molecular formula is C14H23NO2S. The van der Waals surface area contributed by atoms with Crippen LogP contribution in [0.5, 0.6) is 5.75 Å². The predicted octanol–water partition coefficient (Wildman–Crippen LogP) is 2.84. The molecule has 0 aliphatic carbocycles. The average molecular weight is 269 g/mol. The number of hydrogen-bond donors (Lipinski definition) is 2. The molecule has 0 heterocycles. The SMILES string of the molecule is CNC(C)c1c(OC)cccc1SC(C)CCO. The molecule has 0 bridgehead atoms. The second kappa shape index (κ2) is 7.67. The van der Waals surface area contributed by atoms with Crippen LogP contribution in [-0.2, 0) is 0 Å². The first-order chi connectivity index (χ1) is 8.63. The molecule has 3 nitrogen and oxygen atoms in total. The summed E-state index contributed by atoms with van der Waals surface area (Å²) in [5, 5.41) is 12.6. The van der Waals surface area contributed by atoms with Crippen molar-refractivity contribution >= 4 is 11.8 Å². The van der Waals surface area contributed by atoms with E-state index in [2.05, 4.69) is 25.2 Å². The Hall–Kier alpha value is -0.710. The van der Waals surface area contributed by atoms with Gasteiger partial charge in [0.25, 0.3) is 0 Å². The van der Waals surface area contributed by atoms with E-state index in [0.29, 0.717) is 5.25 Å². The molecular weight excluding hydrogens is 246 g/mol. The highest BCUT2D eigenvalue weighted by Gasteiger charge is 2.16.